The Kier molecular flexibility index (Phi) is 8.23. The largest absolute Gasteiger partial charge is 0.507 e. The maximum absolute atomic E-state index is 14.9. The number of aliphatic hydroxyl groups excluding tert-OH is 1. The number of rotatable bonds is 10. The first-order chi connectivity index (χ1) is 16.3. The van der Waals surface area contributed by atoms with Crippen molar-refractivity contribution in [1.82, 2.24) is 9.80 Å². The summed E-state index contributed by atoms with van der Waals surface area (Å²) in [5.41, 5.74) is 1.10. The minimum absolute atomic E-state index is 0.113. The molecule has 1 N–H and O–H groups in total. The van der Waals surface area contributed by atoms with Crippen LogP contribution in [-0.2, 0) is 9.59 Å². The van der Waals surface area contributed by atoms with Crippen molar-refractivity contribution >= 4 is 17.4 Å². The Morgan fingerprint density at radius 3 is 2.53 bits per heavy atom. The van der Waals surface area contributed by atoms with Crippen molar-refractivity contribution in [3.05, 3.63) is 83.2 Å². The molecule has 0 spiro atoms. The lowest BCUT2D eigenvalue weighted by Crippen LogP contribution is -2.38. The van der Waals surface area contributed by atoms with E-state index in [1.807, 2.05) is 13.8 Å². The monoisotopic (exact) mass is 466 g/mol. The lowest BCUT2D eigenvalue weighted by atomic mass is 9.93. The highest BCUT2D eigenvalue weighted by atomic mass is 19.1. The van der Waals surface area contributed by atoms with Gasteiger partial charge < -0.3 is 19.6 Å². The van der Waals surface area contributed by atoms with Crippen molar-refractivity contribution in [2.24, 2.45) is 0 Å². The fourth-order valence-electron chi connectivity index (χ4n) is 4.21. The Bertz CT molecular complexity index is 1110. The minimum atomic E-state index is -1.02. The van der Waals surface area contributed by atoms with Crippen LogP contribution in [0.3, 0.4) is 0 Å². The van der Waals surface area contributed by atoms with Gasteiger partial charge in [-0.2, -0.15) is 0 Å². The molecule has 1 heterocycles. The molecule has 3 rings (SSSR count). The predicted molar refractivity (Wildman–Crippen MR) is 130 cm³/mol. The van der Waals surface area contributed by atoms with Crippen LogP contribution in [0.2, 0.25) is 0 Å². The second-order valence-electron chi connectivity index (χ2n) is 8.12. The van der Waals surface area contributed by atoms with Gasteiger partial charge in [0, 0.05) is 24.2 Å². The highest BCUT2D eigenvalue weighted by Gasteiger charge is 2.46. The molecule has 1 aliphatic rings. The molecule has 1 atom stereocenters. The van der Waals surface area contributed by atoms with E-state index in [1.54, 1.807) is 49.4 Å². The summed E-state index contributed by atoms with van der Waals surface area (Å²) in [6.07, 6.45) is 1.62. The van der Waals surface area contributed by atoms with Gasteiger partial charge in [0.05, 0.1) is 11.6 Å². The summed E-state index contributed by atoms with van der Waals surface area (Å²) in [4.78, 5) is 29.7. The highest BCUT2D eigenvalue weighted by Crippen LogP contribution is 2.40. The van der Waals surface area contributed by atoms with Gasteiger partial charge >= 0.3 is 0 Å². The van der Waals surface area contributed by atoms with Crippen molar-refractivity contribution in [2.75, 3.05) is 32.8 Å². The summed E-state index contributed by atoms with van der Waals surface area (Å²) >= 11 is 0. The van der Waals surface area contributed by atoms with Crippen LogP contribution in [-0.4, -0.2) is 59.4 Å². The van der Waals surface area contributed by atoms with Crippen LogP contribution in [0.25, 0.3) is 5.76 Å². The van der Waals surface area contributed by atoms with E-state index >= 15 is 0 Å². The molecule has 6 nitrogen and oxygen atoms in total. The third-order valence-electron chi connectivity index (χ3n) is 6.11. The number of aryl methyl sites for hydroxylation is 1. The average molecular weight is 467 g/mol. The molecular weight excluding hydrogens is 435 g/mol. The Labute approximate surface area is 199 Å². The molecule has 0 aromatic heterocycles. The first kappa shape index (κ1) is 25.2. The minimum Gasteiger partial charge on any atom is -0.507 e. The van der Waals surface area contributed by atoms with E-state index in [2.05, 4.69) is 11.5 Å². The van der Waals surface area contributed by atoms with E-state index < -0.39 is 23.5 Å². The molecule has 2 aromatic rings. The standard InChI is InChI=1S/C27H31FN2O4/c1-5-16-34-19-12-13-20(18(4)17-19)25(31)23-24(21-10-8-9-11-22(21)28)30(27(33)26(23)32)15-14-29(6-2)7-3/h5,8-13,17,24,31H,1,6-7,14-16H2,2-4H3/b25-23+. The molecule has 34 heavy (non-hydrogen) atoms. The number of hydrogen-bond acceptors (Lipinski definition) is 5. The number of aliphatic hydroxyl groups is 1. The van der Waals surface area contributed by atoms with Crippen LogP contribution in [0, 0.1) is 12.7 Å². The Hall–Kier alpha value is -3.45. The van der Waals surface area contributed by atoms with Crippen LogP contribution in [0.15, 0.2) is 60.7 Å². The number of likely N-dealkylation sites (tertiary alicyclic amines) is 1. The zero-order valence-electron chi connectivity index (χ0n) is 19.9. The number of ether oxygens (including phenoxy) is 1. The van der Waals surface area contributed by atoms with E-state index in [-0.39, 0.29) is 23.4 Å². The first-order valence-corrected chi connectivity index (χ1v) is 11.4. The van der Waals surface area contributed by atoms with Gasteiger partial charge in [0.25, 0.3) is 11.7 Å². The molecule has 1 unspecified atom stereocenters. The highest BCUT2D eigenvalue weighted by molar-refractivity contribution is 6.46. The van der Waals surface area contributed by atoms with Gasteiger partial charge in [0.15, 0.2) is 0 Å². The van der Waals surface area contributed by atoms with E-state index in [0.717, 1.165) is 13.1 Å². The Morgan fingerprint density at radius 2 is 1.91 bits per heavy atom. The topological polar surface area (TPSA) is 70.1 Å². The van der Waals surface area contributed by atoms with E-state index in [9.17, 15) is 19.1 Å². The molecular formula is C27H31FN2O4. The number of halogens is 1. The molecule has 7 heteroatoms. The average Bonchev–Trinajstić information content (AvgIpc) is 3.08. The molecule has 180 valence electrons. The second-order valence-corrected chi connectivity index (χ2v) is 8.12. The van der Waals surface area contributed by atoms with Crippen molar-refractivity contribution < 1.29 is 23.8 Å². The molecule has 0 radical (unpaired) electrons. The van der Waals surface area contributed by atoms with Crippen LogP contribution in [0.5, 0.6) is 5.75 Å². The van der Waals surface area contributed by atoms with Crippen LogP contribution >= 0.6 is 0 Å². The molecule has 0 saturated carbocycles. The third-order valence-corrected chi connectivity index (χ3v) is 6.11. The first-order valence-electron chi connectivity index (χ1n) is 11.4. The van der Waals surface area contributed by atoms with Crippen molar-refractivity contribution in [3.63, 3.8) is 0 Å². The summed E-state index contributed by atoms with van der Waals surface area (Å²) in [5, 5.41) is 11.3. The summed E-state index contributed by atoms with van der Waals surface area (Å²) in [6, 6.07) is 10.0. The quantitative estimate of drug-likeness (QED) is 0.242. The number of nitrogens with zero attached hydrogens (tertiary/aromatic N) is 2. The van der Waals surface area contributed by atoms with Crippen LogP contribution in [0.4, 0.5) is 4.39 Å². The van der Waals surface area contributed by atoms with Gasteiger partial charge in [0.1, 0.15) is 23.9 Å². The van der Waals surface area contributed by atoms with Crippen molar-refractivity contribution in [1.29, 1.82) is 0 Å². The maximum Gasteiger partial charge on any atom is 0.295 e. The summed E-state index contributed by atoms with van der Waals surface area (Å²) in [5.74, 6) is -1.86. The number of benzene rings is 2. The smallest absolute Gasteiger partial charge is 0.295 e. The molecule has 1 aliphatic heterocycles. The van der Waals surface area contributed by atoms with Gasteiger partial charge in [-0.25, -0.2) is 4.39 Å². The number of likely N-dealkylation sites (N-methyl/N-ethyl adjacent to an activating group) is 1. The Balaban J connectivity index is 2.10. The molecule has 1 saturated heterocycles. The summed E-state index contributed by atoms with van der Waals surface area (Å²) in [6.45, 7) is 12.1. The van der Waals surface area contributed by atoms with Crippen LogP contribution < -0.4 is 4.74 Å². The summed E-state index contributed by atoms with van der Waals surface area (Å²) < 4.78 is 20.4. The lowest BCUT2D eigenvalue weighted by Gasteiger charge is -2.28. The number of hydrogen-bond donors (Lipinski definition) is 1. The predicted octanol–water partition coefficient (Wildman–Crippen LogP) is 4.46. The number of amides is 1. The van der Waals surface area contributed by atoms with Crippen molar-refractivity contribution in [3.8, 4) is 5.75 Å². The second kappa shape index (κ2) is 11.1. The van der Waals surface area contributed by atoms with Gasteiger partial charge in [-0.05, 0) is 49.8 Å². The van der Waals surface area contributed by atoms with E-state index in [4.69, 9.17) is 4.74 Å². The van der Waals surface area contributed by atoms with Gasteiger partial charge in [0.2, 0.25) is 0 Å². The number of Topliss-reactive ketones (excluding diaryl/α,β-unsaturated/α-hetero) is 1. The fourth-order valence-corrected chi connectivity index (χ4v) is 4.21. The van der Waals surface area contributed by atoms with E-state index in [0.29, 0.717) is 30.0 Å². The normalized spacial score (nSPS) is 17.4. The lowest BCUT2D eigenvalue weighted by molar-refractivity contribution is -0.140. The number of ketones is 1. The molecule has 0 aliphatic carbocycles. The zero-order valence-corrected chi connectivity index (χ0v) is 19.9. The zero-order chi connectivity index (χ0) is 24.8. The fraction of sp³-hybridized carbons (Fsp3) is 0.333. The van der Waals surface area contributed by atoms with Gasteiger partial charge in [-0.3, -0.25) is 9.59 Å². The molecule has 1 fully saturated rings. The third kappa shape index (κ3) is 5.04. The van der Waals surface area contributed by atoms with Gasteiger partial charge in [-0.1, -0.05) is 44.7 Å². The molecule has 0 bridgehead atoms. The SMILES string of the molecule is C=CCOc1ccc(/C(O)=C2\C(=O)C(=O)N(CCN(CC)CC)C2c2ccccc2F)c(C)c1. The molecule has 1 amide bonds. The number of carbonyl (C=O) groups excluding carboxylic acids is 2. The Morgan fingerprint density at radius 1 is 1.21 bits per heavy atom. The van der Waals surface area contributed by atoms with Gasteiger partial charge in [-0.15, -0.1) is 0 Å². The molecule has 2 aromatic carbocycles. The number of carbonyl (C=O) groups is 2. The van der Waals surface area contributed by atoms with E-state index in [1.165, 1.54) is 11.0 Å². The van der Waals surface area contributed by atoms with Crippen molar-refractivity contribution in [2.45, 2.75) is 26.8 Å². The maximum atomic E-state index is 14.9. The summed E-state index contributed by atoms with van der Waals surface area (Å²) in [7, 11) is 0. The van der Waals surface area contributed by atoms with Crippen LogP contribution in [0.1, 0.15) is 36.6 Å².